The fourth-order valence-electron chi connectivity index (χ4n) is 4.93. The molecule has 1 aromatic heterocycles. The number of hydrogen-bond donors (Lipinski definition) is 1. The van der Waals surface area contributed by atoms with E-state index in [1.165, 1.54) is 22.7 Å². The van der Waals surface area contributed by atoms with Crippen molar-refractivity contribution in [1.29, 1.82) is 0 Å². The Bertz CT molecular complexity index is 1250. The zero-order valence-electron chi connectivity index (χ0n) is 19.6. The summed E-state index contributed by atoms with van der Waals surface area (Å²) < 4.78 is 29.6. The van der Waals surface area contributed by atoms with Gasteiger partial charge in [0, 0.05) is 6.54 Å². The maximum atomic E-state index is 13.0. The Morgan fingerprint density at radius 2 is 1.73 bits per heavy atom. The number of sulfonamides is 1. The van der Waals surface area contributed by atoms with Crippen LogP contribution in [0.25, 0.3) is 11.3 Å². The van der Waals surface area contributed by atoms with Crippen LogP contribution in [0.15, 0.2) is 59.5 Å². The van der Waals surface area contributed by atoms with Crippen LogP contribution >= 0.6 is 0 Å². The first kappa shape index (κ1) is 22.3. The summed E-state index contributed by atoms with van der Waals surface area (Å²) in [6.45, 7) is 9.19. The van der Waals surface area contributed by atoms with Gasteiger partial charge in [-0.25, -0.2) is 8.42 Å². The van der Waals surface area contributed by atoms with E-state index in [1.807, 2.05) is 22.9 Å². The van der Waals surface area contributed by atoms with Gasteiger partial charge in [-0.1, -0.05) is 42.5 Å². The molecule has 0 spiro atoms. The molecule has 0 aliphatic carbocycles. The van der Waals surface area contributed by atoms with E-state index >= 15 is 0 Å². The number of nitrogens with one attached hydrogen (secondary N) is 1. The molecule has 0 unspecified atom stereocenters. The van der Waals surface area contributed by atoms with Gasteiger partial charge in [-0.05, 0) is 81.4 Å². The van der Waals surface area contributed by atoms with Crippen molar-refractivity contribution in [3.05, 3.63) is 71.4 Å². The minimum Gasteiger partial charge on any atom is -0.317 e. The van der Waals surface area contributed by atoms with Gasteiger partial charge >= 0.3 is 0 Å². The summed E-state index contributed by atoms with van der Waals surface area (Å²) in [6.07, 6.45) is 2.35. The quantitative estimate of drug-likeness (QED) is 0.618. The Morgan fingerprint density at radius 3 is 2.39 bits per heavy atom. The molecule has 5 rings (SSSR count). The third-order valence-corrected chi connectivity index (χ3v) is 8.58. The average Bonchev–Trinajstić information content (AvgIpc) is 3.34. The predicted molar refractivity (Wildman–Crippen MR) is 130 cm³/mol. The first-order chi connectivity index (χ1) is 15.7. The number of nitrogens with zero attached hydrogens (tertiary/aromatic N) is 3. The van der Waals surface area contributed by atoms with Crippen LogP contribution in [0.1, 0.15) is 56.4 Å². The molecule has 174 valence electrons. The van der Waals surface area contributed by atoms with Crippen molar-refractivity contribution in [1.82, 2.24) is 19.4 Å². The van der Waals surface area contributed by atoms with Gasteiger partial charge in [0.15, 0.2) is 0 Å². The molecule has 2 aliphatic heterocycles. The zero-order chi connectivity index (χ0) is 23.2. The van der Waals surface area contributed by atoms with Gasteiger partial charge in [0.25, 0.3) is 0 Å². The number of piperidine rings is 1. The number of fused-ring (bicyclic) bond motifs is 1. The van der Waals surface area contributed by atoms with E-state index in [2.05, 4.69) is 50.4 Å². The monoisotopic (exact) mass is 464 g/mol. The van der Waals surface area contributed by atoms with Gasteiger partial charge in [-0.3, -0.25) is 4.68 Å². The molecule has 3 aromatic rings. The number of aromatic nitrogens is 2. The molecular formula is C26H32N4O2S. The predicted octanol–water partition coefficient (Wildman–Crippen LogP) is 4.48. The molecule has 0 bridgehead atoms. The molecule has 0 saturated carbocycles. The Morgan fingerprint density at radius 1 is 1.03 bits per heavy atom. The van der Waals surface area contributed by atoms with E-state index in [9.17, 15) is 8.42 Å². The van der Waals surface area contributed by atoms with Gasteiger partial charge in [0.1, 0.15) is 0 Å². The van der Waals surface area contributed by atoms with E-state index in [0.29, 0.717) is 17.4 Å². The molecule has 0 radical (unpaired) electrons. The molecule has 1 fully saturated rings. The molecular weight excluding hydrogens is 432 g/mol. The van der Waals surface area contributed by atoms with Crippen LogP contribution in [0, 0.1) is 0 Å². The average molecular weight is 465 g/mol. The maximum absolute atomic E-state index is 13.0. The molecule has 7 heteroatoms. The second kappa shape index (κ2) is 8.38. The summed E-state index contributed by atoms with van der Waals surface area (Å²) in [4.78, 5) is 0.411. The summed E-state index contributed by atoms with van der Waals surface area (Å²) in [5.74, 6) is 0.616. The van der Waals surface area contributed by atoms with Crippen LogP contribution in [0.3, 0.4) is 0 Å². The van der Waals surface area contributed by atoms with Crippen molar-refractivity contribution in [3.63, 3.8) is 0 Å². The Balaban J connectivity index is 1.44. The molecule has 33 heavy (non-hydrogen) atoms. The van der Waals surface area contributed by atoms with Crippen molar-refractivity contribution in [2.45, 2.75) is 63.1 Å². The molecule has 3 heterocycles. The topological polar surface area (TPSA) is 67.2 Å². The van der Waals surface area contributed by atoms with Crippen LogP contribution in [0.2, 0.25) is 0 Å². The lowest BCUT2D eigenvalue weighted by molar-refractivity contribution is 0.350. The highest BCUT2D eigenvalue weighted by Crippen LogP contribution is 2.34. The lowest BCUT2D eigenvalue weighted by Gasteiger charge is -2.24. The molecule has 6 nitrogen and oxygen atoms in total. The normalized spacial score (nSPS) is 19.0. The summed E-state index contributed by atoms with van der Waals surface area (Å²) in [5.41, 5.74) is 4.90. The van der Waals surface area contributed by atoms with Gasteiger partial charge in [-0.2, -0.15) is 9.40 Å². The van der Waals surface area contributed by atoms with Crippen molar-refractivity contribution in [3.8, 4) is 11.3 Å². The standard InChI is InChI=1S/C26H32N4O2S/c1-26(2,3)30-24(21-10-8-19(9-11-21)20-12-14-27-15-13-20)16-23(28-30)18-29-17-22-6-4-5-7-25(22)33(29,31)32/h4-11,16,20,27H,12-15,17-18H2,1-3H3. The molecule has 2 aromatic carbocycles. The van der Waals surface area contributed by atoms with Gasteiger partial charge in [0.2, 0.25) is 10.0 Å². The van der Waals surface area contributed by atoms with Crippen LogP contribution in [-0.4, -0.2) is 35.6 Å². The van der Waals surface area contributed by atoms with Crippen molar-refractivity contribution in [2.24, 2.45) is 0 Å². The van der Waals surface area contributed by atoms with Crippen LogP contribution < -0.4 is 5.32 Å². The molecule has 1 saturated heterocycles. The summed E-state index contributed by atoms with van der Waals surface area (Å²) in [7, 11) is -3.49. The van der Waals surface area contributed by atoms with E-state index < -0.39 is 10.0 Å². The minimum atomic E-state index is -3.49. The fourth-order valence-corrected chi connectivity index (χ4v) is 6.53. The van der Waals surface area contributed by atoms with Crippen LogP contribution in [0.4, 0.5) is 0 Å². The lowest BCUT2D eigenvalue weighted by atomic mass is 9.89. The Labute approximate surface area is 196 Å². The van der Waals surface area contributed by atoms with Crippen LogP contribution in [-0.2, 0) is 28.7 Å². The Hall–Kier alpha value is -2.48. The Kier molecular flexibility index (Phi) is 5.67. The van der Waals surface area contributed by atoms with Crippen LogP contribution in [0.5, 0.6) is 0 Å². The highest BCUT2D eigenvalue weighted by Gasteiger charge is 2.35. The van der Waals surface area contributed by atoms with Gasteiger partial charge in [0.05, 0.1) is 28.4 Å². The summed E-state index contributed by atoms with van der Waals surface area (Å²) in [6, 6.07) is 18.1. The van der Waals surface area contributed by atoms with Gasteiger partial charge < -0.3 is 5.32 Å². The largest absolute Gasteiger partial charge is 0.317 e. The first-order valence-corrected chi connectivity index (χ1v) is 13.2. The van der Waals surface area contributed by atoms with E-state index in [4.69, 9.17) is 5.10 Å². The number of hydrogen-bond acceptors (Lipinski definition) is 4. The highest BCUT2D eigenvalue weighted by atomic mass is 32.2. The van der Waals surface area contributed by atoms with Crippen molar-refractivity contribution < 1.29 is 8.42 Å². The van der Waals surface area contributed by atoms with Crippen molar-refractivity contribution in [2.75, 3.05) is 13.1 Å². The highest BCUT2D eigenvalue weighted by molar-refractivity contribution is 7.89. The van der Waals surface area contributed by atoms with E-state index in [1.54, 1.807) is 12.1 Å². The number of benzene rings is 2. The third-order valence-electron chi connectivity index (χ3n) is 6.69. The second-order valence-electron chi connectivity index (χ2n) is 10.1. The molecule has 1 N–H and O–H groups in total. The molecule has 0 atom stereocenters. The second-order valence-corrected chi connectivity index (χ2v) is 12.0. The summed E-state index contributed by atoms with van der Waals surface area (Å²) in [5, 5.41) is 8.30. The maximum Gasteiger partial charge on any atom is 0.244 e. The fraction of sp³-hybridized carbons (Fsp3) is 0.423. The lowest BCUT2D eigenvalue weighted by Crippen LogP contribution is -2.26. The first-order valence-electron chi connectivity index (χ1n) is 11.7. The minimum absolute atomic E-state index is 0.228. The smallest absolute Gasteiger partial charge is 0.244 e. The number of rotatable bonds is 4. The summed E-state index contributed by atoms with van der Waals surface area (Å²) >= 11 is 0. The van der Waals surface area contributed by atoms with E-state index in [0.717, 1.165) is 35.6 Å². The van der Waals surface area contributed by atoms with E-state index in [-0.39, 0.29) is 12.1 Å². The zero-order valence-corrected chi connectivity index (χ0v) is 20.4. The molecule has 2 aliphatic rings. The SMILES string of the molecule is CC(C)(C)n1nc(CN2Cc3ccccc3S2(=O)=O)cc1-c1ccc(C2CCNCC2)cc1. The van der Waals surface area contributed by atoms with Crippen molar-refractivity contribution >= 4 is 10.0 Å². The third kappa shape index (κ3) is 4.25. The molecule has 0 amide bonds. The van der Waals surface area contributed by atoms with Gasteiger partial charge in [-0.15, -0.1) is 0 Å².